The van der Waals surface area contributed by atoms with Gasteiger partial charge in [-0.2, -0.15) is 5.26 Å². The van der Waals surface area contributed by atoms with Gasteiger partial charge in [0.05, 0.1) is 17.9 Å². The number of nitrogens with one attached hydrogen (secondary N) is 1. The van der Waals surface area contributed by atoms with Crippen molar-refractivity contribution >= 4 is 17.5 Å². The van der Waals surface area contributed by atoms with Crippen LogP contribution in [0, 0.1) is 17.1 Å². The normalized spacial score (nSPS) is 17.3. The van der Waals surface area contributed by atoms with Crippen LogP contribution in [0.2, 0.25) is 0 Å². The zero-order chi connectivity index (χ0) is 12.7. The first kappa shape index (κ1) is 13.6. The third-order valence-corrected chi connectivity index (χ3v) is 3.08. The highest BCUT2D eigenvalue weighted by atomic mass is 32.2. The molecule has 0 fully saturated rings. The number of hydrogen-bond donors (Lipinski definition) is 1. The number of rotatable bonds is 2. The maximum atomic E-state index is 12.7. The first-order valence-electron chi connectivity index (χ1n) is 5.54. The summed E-state index contributed by atoms with van der Waals surface area (Å²) in [5.41, 5.74) is 1.91. The van der Waals surface area contributed by atoms with Crippen molar-refractivity contribution in [2.75, 3.05) is 0 Å². The smallest absolute Gasteiger partial charge is 0.123 e. The topological polar surface area (TPSA) is 35.8 Å². The Bertz CT molecular complexity index is 420. The Labute approximate surface area is 106 Å². The lowest BCUT2D eigenvalue weighted by molar-refractivity contribution is 0.627. The van der Waals surface area contributed by atoms with E-state index in [1.165, 1.54) is 12.1 Å². The molecule has 0 saturated carbocycles. The predicted molar refractivity (Wildman–Crippen MR) is 70.5 cm³/mol. The third kappa shape index (κ3) is 3.79. The predicted octanol–water partition coefficient (Wildman–Crippen LogP) is 3.73. The van der Waals surface area contributed by atoms with Crippen molar-refractivity contribution in [3.8, 4) is 6.07 Å². The summed E-state index contributed by atoms with van der Waals surface area (Å²) in [5, 5.41) is 13.8. The average Bonchev–Trinajstić information content (AvgIpc) is 2.82. The molecular weight excluding hydrogens is 235 g/mol. The fraction of sp³-hybridized carbons (Fsp3) is 0.308. The summed E-state index contributed by atoms with van der Waals surface area (Å²) in [5.74, 6) is -0.237. The fourth-order valence-corrected chi connectivity index (χ4v) is 2.22. The van der Waals surface area contributed by atoms with E-state index in [1.807, 2.05) is 19.3 Å². The minimum absolute atomic E-state index is 0.120. The number of nitriles is 1. The number of thioether (sulfide) groups is 1. The van der Waals surface area contributed by atoms with Crippen LogP contribution in [0.5, 0.6) is 0 Å². The van der Waals surface area contributed by atoms with Crippen molar-refractivity contribution in [1.82, 2.24) is 5.32 Å². The van der Waals surface area contributed by atoms with E-state index in [4.69, 9.17) is 5.26 Å². The summed E-state index contributed by atoms with van der Waals surface area (Å²) in [7, 11) is 0. The van der Waals surface area contributed by atoms with Gasteiger partial charge in [0.15, 0.2) is 0 Å². The fourth-order valence-electron chi connectivity index (χ4n) is 1.35. The van der Waals surface area contributed by atoms with Crippen molar-refractivity contribution in [3.63, 3.8) is 0 Å². The minimum Gasteiger partial charge on any atom is -0.371 e. The SMILES string of the molecule is CC.N#CCC1NC(c2ccc(F)cc2)=CS1. The van der Waals surface area contributed by atoms with Crippen LogP contribution in [0.4, 0.5) is 4.39 Å². The molecule has 1 atom stereocenters. The molecule has 0 spiro atoms. The van der Waals surface area contributed by atoms with Gasteiger partial charge in [-0.3, -0.25) is 0 Å². The molecule has 2 rings (SSSR count). The van der Waals surface area contributed by atoms with Gasteiger partial charge in [-0.15, -0.1) is 11.8 Å². The molecule has 4 heteroatoms. The van der Waals surface area contributed by atoms with E-state index in [0.29, 0.717) is 6.42 Å². The van der Waals surface area contributed by atoms with E-state index in [9.17, 15) is 4.39 Å². The Kier molecular flexibility index (Phi) is 5.58. The Morgan fingerprint density at radius 1 is 1.35 bits per heavy atom. The molecule has 1 aliphatic rings. The molecule has 2 nitrogen and oxygen atoms in total. The van der Waals surface area contributed by atoms with E-state index in [0.717, 1.165) is 11.3 Å². The summed E-state index contributed by atoms with van der Waals surface area (Å²) in [6.45, 7) is 4.00. The largest absolute Gasteiger partial charge is 0.371 e. The van der Waals surface area contributed by atoms with Crippen LogP contribution in [0.1, 0.15) is 25.8 Å². The number of hydrogen-bond acceptors (Lipinski definition) is 3. The van der Waals surface area contributed by atoms with Crippen LogP contribution in [0.15, 0.2) is 29.7 Å². The van der Waals surface area contributed by atoms with Gasteiger partial charge in [0, 0.05) is 5.70 Å². The van der Waals surface area contributed by atoms with Crippen molar-refractivity contribution in [2.45, 2.75) is 25.6 Å². The molecule has 1 aromatic rings. The molecule has 0 aliphatic carbocycles. The second kappa shape index (κ2) is 6.97. The molecule has 0 bridgehead atoms. The van der Waals surface area contributed by atoms with Gasteiger partial charge in [-0.25, -0.2) is 4.39 Å². The van der Waals surface area contributed by atoms with Gasteiger partial charge < -0.3 is 5.32 Å². The first-order chi connectivity index (χ1) is 8.29. The maximum absolute atomic E-state index is 12.7. The monoisotopic (exact) mass is 250 g/mol. The van der Waals surface area contributed by atoms with E-state index in [-0.39, 0.29) is 11.2 Å². The number of halogens is 1. The Hall–Kier alpha value is -1.47. The van der Waals surface area contributed by atoms with Gasteiger partial charge in [0.2, 0.25) is 0 Å². The average molecular weight is 250 g/mol. The van der Waals surface area contributed by atoms with Crippen LogP contribution < -0.4 is 5.32 Å². The van der Waals surface area contributed by atoms with E-state index in [1.54, 1.807) is 23.9 Å². The lowest BCUT2D eigenvalue weighted by Gasteiger charge is -2.08. The molecule has 1 aliphatic heterocycles. The standard InChI is InChI=1S/C11H9FN2S.C2H6/c12-9-3-1-8(2-4-9)10-7-15-11(14-10)5-6-13;1-2/h1-4,7,11,14H,5H2;1-2H3. The molecule has 17 heavy (non-hydrogen) atoms. The first-order valence-corrected chi connectivity index (χ1v) is 6.49. The van der Waals surface area contributed by atoms with Gasteiger partial charge in [-0.05, 0) is 35.2 Å². The Morgan fingerprint density at radius 3 is 2.59 bits per heavy atom. The molecule has 1 N–H and O–H groups in total. The summed E-state index contributed by atoms with van der Waals surface area (Å²) >= 11 is 1.58. The maximum Gasteiger partial charge on any atom is 0.123 e. The van der Waals surface area contributed by atoms with Crippen molar-refractivity contribution < 1.29 is 4.39 Å². The molecule has 1 heterocycles. The van der Waals surface area contributed by atoms with Gasteiger partial charge in [0.1, 0.15) is 5.82 Å². The molecule has 1 aromatic carbocycles. The van der Waals surface area contributed by atoms with Crippen LogP contribution in [0.25, 0.3) is 5.70 Å². The van der Waals surface area contributed by atoms with Crippen LogP contribution in [-0.4, -0.2) is 5.37 Å². The molecular formula is C13H15FN2S. The van der Waals surface area contributed by atoms with Crippen molar-refractivity contribution in [1.29, 1.82) is 5.26 Å². The summed E-state index contributed by atoms with van der Waals surface area (Å²) < 4.78 is 12.7. The van der Waals surface area contributed by atoms with E-state index >= 15 is 0 Å². The summed E-state index contributed by atoms with van der Waals surface area (Å²) in [6, 6.07) is 8.43. The second-order valence-electron chi connectivity index (χ2n) is 3.17. The second-order valence-corrected chi connectivity index (χ2v) is 4.25. The lowest BCUT2D eigenvalue weighted by atomic mass is 10.2. The van der Waals surface area contributed by atoms with E-state index in [2.05, 4.69) is 11.4 Å². The van der Waals surface area contributed by atoms with Crippen LogP contribution in [-0.2, 0) is 0 Å². The highest BCUT2D eigenvalue weighted by Gasteiger charge is 2.16. The summed E-state index contributed by atoms with van der Waals surface area (Å²) in [4.78, 5) is 0. The molecule has 0 amide bonds. The van der Waals surface area contributed by atoms with Crippen molar-refractivity contribution in [2.24, 2.45) is 0 Å². The molecule has 1 unspecified atom stereocenters. The van der Waals surface area contributed by atoms with Crippen LogP contribution >= 0.6 is 11.8 Å². The molecule has 0 aromatic heterocycles. The van der Waals surface area contributed by atoms with Gasteiger partial charge in [-0.1, -0.05) is 13.8 Å². The van der Waals surface area contributed by atoms with Gasteiger partial charge in [0.25, 0.3) is 0 Å². The van der Waals surface area contributed by atoms with Crippen molar-refractivity contribution in [3.05, 3.63) is 41.1 Å². The number of nitrogens with zero attached hydrogens (tertiary/aromatic N) is 1. The zero-order valence-electron chi connectivity index (χ0n) is 9.90. The lowest BCUT2D eigenvalue weighted by Crippen LogP contribution is -2.18. The highest BCUT2D eigenvalue weighted by molar-refractivity contribution is 8.03. The Balaban J connectivity index is 0.000000686. The zero-order valence-corrected chi connectivity index (χ0v) is 10.7. The minimum atomic E-state index is -0.237. The number of benzene rings is 1. The van der Waals surface area contributed by atoms with Crippen LogP contribution in [0.3, 0.4) is 0 Å². The molecule has 90 valence electrons. The van der Waals surface area contributed by atoms with E-state index < -0.39 is 0 Å². The quantitative estimate of drug-likeness (QED) is 0.868. The molecule has 0 saturated heterocycles. The third-order valence-electron chi connectivity index (χ3n) is 2.10. The summed E-state index contributed by atoms with van der Waals surface area (Å²) in [6.07, 6.45) is 0.464. The molecule has 0 radical (unpaired) electrons. The highest BCUT2D eigenvalue weighted by Crippen LogP contribution is 2.28. The Morgan fingerprint density at radius 2 is 2.00 bits per heavy atom. The van der Waals surface area contributed by atoms with Gasteiger partial charge >= 0.3 is 0 Å².